The number of ether oxygens (including phenoxy) is 2. The Morgan fingerprint density at radius 1 is 1.29 bits per heavy atom. The Labute approximate surface area is 87.2 Å². The van der Waals surface area contributed by atoms with Gasteiger partial charge in [0.2, 0.25) is 0 Å². The van der Waals surface area contributed by atoms with Crippen LogP contribution in [0.1, 0.15) is 32.1 Å². The van der Waals surface area contributed by atoms with E-state index >= 15 is 0 Å². The quantitative estimate of drug-likeness (QED) is 0.634. The molecule has 0 amide bonds. The standard InChI is InChI=1S/C11H23NO2/c1-13-8-5-3-2-4-6-11-10-12-7-9-14-11/h11-12H,2-10H2,1H3. The highest BCUT2D eigenvalue weighted by Gasteiger charge is 2.11. The Bertz CT molecular complexity index is 124. The van der Waals surface area contributed by atoms with Gasteiger partial charge in [-0.05, 0) is 12.8 Å². The predicted molar refractivity (Wildman–Crippen MR) is 57.6 cm³/mol. The summed E-state index contributed by atoms with van der Waals surface area (Å²) in [7, 11) is 1.77. The molecule has 1 atom stereocenters. The first-order valence-corrected chi connectivity index (χ1v) is 5.74. The minimum atomic E-state index is 0.464. The molecule has 0 aromatic heterocycles. The number of methoxy groups -OCH3 is 1. The highest BCUT2D eigenvalue weighted by Crippen LogP contribution is 2.09. The lowest BCUT2D eigenvalue weighted by molar-refractivity contribution is 0.0220. The number of hydrogen-bond acceptors (Lipinski definition) is 3. The van der Waals surface area contributed by atoms with Crippen LogP contribution in [0.2, 0.25) is 0 Å². The molecule has 84 valence electrons. The van der Waals surface area contributed by atoms with Crippen molar-refractivity contribution in [1.29, 1.82) is 0 Å². The molecule has 0 aromatic carbocycles. The third-order valence-electron chi connectivity index (χ3n) is 2.63. The molecule has 0 spiro atoms. The van der Waals surface area contributed by atoms with Gasteiger partial charge in [-0.1, -0.05) is 19.3 Å². The zero-order chi connectivity index (χ0) is 10.1. The summed E-state index contributed by atoms with van der Waals surface area (Å²) in [5.74, 6) is 0. The minimum absolute atomic E-state index is 0.464. The van der Waals surface area contributed by atoms with Gasteiger partial charge >= 0.3 is 0 Å². The number of morpholine rings is 1. The number of nitrogens with one attached hydrogen (secondary N) is 1. The molecule has 1 fully saturated rings. The molecule has 3 nitrogen and oxygen atoms in total. The molecule has 0 saturated carbocycles. The van der Waals surface area contributed by atoms with Crippen molar-refractivity contribution in [3.8, 4) is 0 Å². The second kappa shape index (κ2) is 8.21. The first-order valence-electron chi connectivity index (χ1n) is 5.74. The van der Waals surface area contributed by atoms with Crippen molar-refractivity contribution in [2.75, 3.05) is 33.4 Å². The minimum Gasteiger partial charge on any atom is -0.385 e. The number of unbranched alkanes of at least 4 members (excludes halogenated alkanes) is 3. The van der Waals surface area contributed by atoms with E-state index < -0.39 is 0 Å². The van der Waals surface area contributed by atoms with E-state index in [2.05, 4.69) is 5.32 Å². The van der Waals surface area contributed by atoms with Crippen molar-refractivity contribution >= 4 is 0 Å². The summed E-state index contributed by atoms with van der Waals surface area (Å²) in [5.41, 5.74) is 0. The van der Waals surface area contributed by atoms with Crippen LogP contribution in [0.4, 0.5) is 0 Å². The maximum absolute atomic E-state index is 5.62. The lowest BCUT2D eigenvalue weighted by Gasteiger charge is -2.23. The van der Waals surface area contributed by atoms with Gasteiger partial charge in [-0.3, -0.25) is 0 Å². The van der Waals surface area contributed by atoms with Gasteiger partial charge < -0.3 is 14.8 Å². The van der Waals surface area contributed by atoms with Gasteiger partial charge in [0.05, 0.1) is 12.7 Å². The Morgan fingerprint density at radius 2 is 2.14 bits per heavy atom. The van der Waals surface area contributed by atoms with Crippen LogP contribution in [-0.2, 0) is 9.47 Å². The molecule has 1 saturated heterocycles. The van der Waals surface area contributed by atoms with Gasteiger partial charge in [-0.25, -0.2) is 0 Å². The van der Waals surface area contributed by atoms with Crippen molar-refractivity contribution < 1.29 is 9.47 Å². The molecule has 1 heterocycles. The Kier molecular flexibility index (Phi) is 7.01. The van der Waals surface area contributed by atoms with Crippen molar-refractivity contribution in [3.63, 3.8) is 0 Å². The highest BCUT2D eigenvalue weighted by atomic mass is 16.5. The Morgan fingerprint density at radius 3 is 2.86 bits per heavy atom. The molecule has 0 aromatic rings. The predicted octanol–water partition coefficient (Wildman–Crippen LogP) is 1.57. The average Bonchev–Trinajstić information content (AvgIpc) is 2.25. The summed E-state index contributed by atoms with van der Waals surface area (Å²) in [6.07, 6.45) is 6.75. The van der Waals surface area contributed by atoms with Crippen molar-refractivity contribution in [2.45, 2.75) is 38.2 Å². The van der Waals surface area contributed by atoms with Crippen molar-refractivity contribution in [1.82, 2.24) is 5.32 Å². The molecule has 0 bridgehead atoms. The van der Waals surface area contributed by atoms with Gasteiger partial charge in [0, 0.05) is 26.8 Å². The molecular weight excluding hydrogens is 178 g/mol. The van der Waals surface area contributed by atoms with Gasteiger partial charge in [0.1, 0.15) is 0 Å². The summed E-state index contributed by atoms with van der Waals surface area (Å²) in [6.45, 7) is 3.85. The van der Waals surface area contributed by atoms with Crippen LogP contribution in [0.25, 0.3) is 0 Å². The topological polar surface area (TPSA) is 30.5 Å². The molecule has 1 unspecified atom stereocenters. The van der Waals surface area contributed by atoms with Crippen LogP contribution in [0.3, 0.4) is 0 Å². The smallest absolute Gasteiger partial charge is 0.0700 e. The highest BCUT2D eigenvalue weighted by molar-refractivity contribution is 4.66. The van der Waals surface area contributed by atoms with Gasteiger partial charge in [-0.15, -0.1) is 0 Å². The fourth-order valence-corrected chi connectivity index (χ4v) is 1.78. The molecule has 3 heteroatoms. The molecular formula is C11H23NO2. The van der Waals surface area contributed by atoms with E-state index in [1.807, 2.05) is 0 Å². The second-order valence-electron chi connectivity index (χ2n) is 3.89. The van der Waals surface area contributed by atoms with E-state index in [1.54, 1.807) is 7.11 Å². The van der Waals surface area contributed by atoms with Crippen molar-refractivity contribution in [2.24, 2.45) is 0 Å². The Balaban J connectivity index is 1.82. The fraction of sp³-hybridized carbons (Fsp3) is 1.00. The monoisotopic (exact) mass is 201 g/mol. The summed E-state index contributed by atoms with van der Waals surface area (Å²) in [5, 5.41) is 3.35. The van der Waals surface area contributed by atoms with E-state index in [1.165, 1.54) is 32.1 Å². The zero-order valence-corrected chi connectivity index (χ0v) is 9.26. The molecule has 1 N–H and O–H groups in total. The summed E-state index contributed by atoms with van der Waals surface area (Å²) >= 11 is 0. The Hall–Kier alpha value is -0.120. The van der Waals surface area contributed by atoms with Gasteiger partial charge in [0.15, 0.2) is 0 Å². The van der Waals surface area contributed by atoms with Crippen LogP contribution in [0.5, 0.6) is 0 Å². The summed E-state index contributed by atoms with van der Waals surface area (Å²) in [6, 6.07) is 0. The number of rotatable bonds is 7. The second-order valence-corrected chi connectivity index (χ2v) is 3.89. The largest absolute Gasteiger partial charge is 0.385 e. The van der Waals surface area contributed by atoms with E-state index in [9.17, 15) is 0 Å². The molecule has 1 aliphatic rings. The number of hydrogen-bond donors (Lipinski definition) is 1. The molecule has 1 aliphatic heterocycles. The fourth-order valence-electron chi connectivity index (χ4n) is 1.78. The first-order chi connectivity index (χ1) is 6.93. The summed E-state index contributed by atoms with van der Waals surface area (Å²) in [4.78, 5) is 0. The van der Waals surface area contributed by atoms with E-state index in [4.69, 9.17) is 9.47 Å². The first kappa shape index (κ1) is 12.0. The molecule has 14 heavy (non-hydrogen) atoms. The normalized spacial score (nSPS) is 22.5. The van der Waals surface area contributed by atoms with Gasteiger partial charge in [0.25, 0.3) is 0 Å². The lowest BCUT2D eigenvalue weighted by Crippen LogP contribution is -2.38. The van der Waals surface area contributed by atoms with Crippen LogP contribution >= 0.6 is 0 Å². The zero-order valence-electron chi connectivity index (χ0n) is 9.26. The van der Waals surface area contributed by atoms with Crippen LogP contribution in [0.15, 0.2) is 0 Å². The summed E-state index contributed by atoms with van der Waals surface area (Å²) < 4.78 is 10.6. The van der Waals surface area contributed by atoms with Crippen LogP contribution < -0.4 is 5.32 Å². The van der Waals surface area contributed by atoms with E-state index in [0.29, 0.717) is 6.10 Å². The van der Waals surface area contributed by atoms with E-state index in [0.717, 1.165) is 26.3 Å². The molecule has 0 radical (unpaired) electrons. The SMILES string of the molecule is COCCCCCCC1CNCCO1. The molecule has 1 rings (SSSR count). The van der Waals surface area contributed by atoms with Crippen molar-refractivity contribution in [3.05, 3.63) is 0 Å². The maximum atomic E-state index is 5.62. The van der Waals surface area contributed by atoms with E-state index in [-0.39, 0.29) is 0 Å². The molecule has 0 aliphatic carbocycles. The average molecular weight is 201 g/mol. The maximum Gasteiger partial charge on any atom is 0.0700 e. The van der Waals surface area contributed by atoms with Crippen LogP contribution in [0, 0.1) is 0 Å². The third kappa shape index (κ3) is 5.58. The lowest BCUT2D eigenvalue weighted by atomic mass is 10.1. The third-order valence-corrected chi connectivity index (χ3v) is 2.63. The van der Waals surface area contributed by atoms with Crippen LogP contribution in [-0.4, -0.2) is 39.5 Å². The van der Waals surface area contributed by atoms with Gasteiger partial charge in [-0.2, -0.15) is 0 Å².